The third-order valence-corrected chi connectivity index (χ3v) is 3.59. The van der Waals surface area contributed by atoms with E-state index in [0.717, 1.165) is 0 Å². The van der Waals surface area contributed by atoms with E-state index in [1.54, 1.807) is 0 Å². The fourth-order valence-electron chi connectivity index (χ4n) is 2.34. The number of nitrogens with two attached hydrogens (primary N) is 1. The van der Waals surface area contributed by atoms with Gasteiger partial charge in [-0.25, -0.2) is 4.98 Å². The molecular weight excluding hydrogens is 336 g/mol. The number of methoxy groups -OCH3 is 1. The number of amides is 2. The summed E-state index contributed by atoms with van der Waals surface area (Å²) < 4.78 is 36.8. The second-order valence-electron chi connectivity index (χ2n) is 5.36. The van der Waals surface area contributed by atoms with E-state index >= 15 is 0 Å². The Hall–Kier alpha value is -2.97. The van der Waals surface area contributed by atoms with Crippen molar-refractivity contribution in [3.8, 4) is 5.88 Å². The number of nitrogens with one attached hydrogen (secondary N) is 1. The minimum atomic E-state index is -3.41. The predicted octanol–water partition coefficient (Wildman–Crippen LogP) is 1.34. The van der Waals surface area contributed by atoms with Gasteiger partial charge in [0.05, 0.1) is 13.2 Å². The minimum absolute atomic E-state index is 0.0291. The van der Waals surface area contributed by atoms with Gasteiger partial charge in [-0.15, -0.1) is 0 Å². The molecule has 0 aromatic carbocycles. The van der Waals surface area contributed by atoms with Crippen LogP contribution in [0.2, 0.25) is 0 Å². The Bertz CT molecular complexity index is 749. The van der Waals surface area contributed by atoms with E-state index in [1.165, 1.54) is 19.3 Å². The topological polar surface area (TPSA) is 104 Å². The summed E-state index contributed by atoms with van der Waals surface area (Å²) >= 11 is 0. The predicted molar refractivity (Wildman–Crippen MR) is 85.9 cm³/mol. The van der Waals surface area contributed by atoms with Gasteiger partial charge < -0.3 is 20.5 Å². The van der Waals surface area contributed by atoms with Crippen molar-refractivity contribution >= 4 is 23.6 Å². The van der Waals surface area contributed by atoms with Crippen molar-refractivity contribution in [1.29, 1.82) is 0 Å². The Kier molecular flexibility index (Phi) is 5.05. The summed E-state index contributed by atoms with van der Waals surface area (Å²) in [6.07, 6.45) is 0.749. The number of nitrogens with zero attached hydrogens (tertiary/aromatic N) is 1. The monoisotopic (exact) mass is 353 g/mol. The average molecular weight is 353 g/mol. The van der Waals surface area contributed by atoms with Crippen LogP contribution in [0.4, 0.5) is 8.78 Å². The zero-order chi connectivity index (χ0) is 18.8. The highest BCUT2D eigenvalue weighted by atomic mass is 19.3. The molecule has 25 heavy (non-hydrogen) atoms. The number of carbonyl (C=O) groups excluding carboxylic acids is 2. The SMILES string of the molecule is C=Cc1cc(C(N)=O)c(OC)nc1C(=C)OC[C@@H]1CC(F)(F)C(=O)N1. The van der Waals surface area contributed by atoms with Gasteiger partial charge in [-0.05, 0) is 6.07 Å². The zero-order valence-corrected chi connectivity index (χ0v) is 13.5. The van der Waals surface area contributed by atoms with E-state index in [9.17, 15) is 18.4 Å². The quantitative estimate of drug-likeness (QED) is 0.720. The van der Waals surface area contributed by atoms with Gasteiger partial charge in [0, 0.05) is 12.0 Å². The molecule has 0 bridgehead atoms. The number of primary amides is 1. The highest BCUT2D eigenvalue weighted by Crippen LogP contribution is 2.29. The molecule has 134 valence electrons. The van der Waals surface area contributed by atoms with Gasteiger partial charge in [-0.2, -0.15) is 8.78 Å². The summed E-state index contributed by atoms with van der Waals surface area (Å²) in [5.74, 6) is -5.45. The average Bonchev–Trinajstić information content (AvgIpc) is 2.83. The van der Waals surface area contributed by atoms with Crippen LogP contribution in [0.5, 0.6) is 5.88 Å². The van der Waals surface area contributed by atoms with Gasteiger partial charge >= 0.3 is 5.92 Å². The number of hydrogen-bond acceptors (Lipinski definition) is 5. The molecule has 1 saturated heterocycles. The fraction of sp³-hybridized carbons (Fsp3) is 0.312. The van der Waals surface area contributed by atoms with Crippen LogP contribution in [0.1, 0.15) is 28.0 Å². The largest absolute Gasteiger partial charge is 0.490 e. The summed E-state index contributed by atoms with van der Waals surface area (Å²) in [6, 6.07) is 0.564. The highest BCUT2D eigenvalue weighted by molar-refractivity contribution is 5.96. The molecule has 9 heteroatoms. The minimum Gasteiger partial charge on any atom is -0.490 e. The number of aromatic nitrogens is 1. The molecule has 0 aliphatic carbocycles. The molecule has 0 radical (unpaired) electrons. The molecule has 2 rings (SSSR count). The lowest BCUT2D eigenvalue weighted by molar-refractivity contribution is -0.139. The van der Waals surface area contributed by atoms with E-state index in [0.29, 0.717) is 5.56 Å². The van der Waals surface area contributed by atoms with E-state index in [-0.39, 0.29) is 29.5 Å². The zero-order valence-electron chi connectivity index (χ0n) is 13.5. The van der Waals surface area contributed by atoms with Crippen LogP contribution in [0.3, 0.4) is 0 Å². The summed E-state index contributed by atoms with van der Waals surface area (Å²) in [5.41, 5.74) is 5.93. The normalized spacial score (nSPS) is 18.4. The van der Waals surface area contributed by atoms with Gasteiger partial charge in [-0.1, -0.05) is 19.2 Å². The van der Waals surface area contributed by atoms with E-state index in [2.05, 4.69) is 23.5 Å². The number of pyridine rings is 1. The van der Waals surface area contributed by atoms with Gasteiger partial charge in [0.1, 0.15) is 23.6 Å². The Morgan fingerprint density at radius 1 is 1.60 bits per heavy atom. The molecule has 3 N–H and O–H groups in total. The van der Waals surface area contributed by atoms with Crippen molar-refractivity contribution in [2.45, 2.75) is 18.4 Å². The molecule has 1 aliphatic heterocycles. The molecule has 2 amide bonds. The third-order valence-electron chi connectivity index (χ3n) is 3.59. The number of hydrogen-bond donors (Lipinski definition) is 2. The lowest BCUT2D eigenvalue weighted by Gasteiger charge is -2.16. The lowest BCUT2D eigenvalue weighted by atomic mass is 10.1. The maximum Gasteiger partial charge on any atom is 0.326 e. The molecule has 7 nitrogen and oxygen atoms in total. The number of ether oxygens (including phenoxy) is 2. The van der Waals surface area contributed by atoms with E-state index in [4.69, 9.17) is 15.2 Å². The Balaban J connectivity index is 2.17. The van der Waals surface area contributed by atoms with Crippen molar-refractivity contribution in [2.75, 3.05) is 13.7 Å². The summed E-state index contributed by atoms with van der Waals surface area (Å²) in [4.78, 5) is 26.6. The number of carbonyl (C=O) groups is 2. The first kappa shape index (κ1) is 18.4. The van der Waals surface area contributed by atoms with Crippen LogP contribution < -0.4 is 15.8 Å². The first-order chi connectivity index (χ1) is 11.7. The van der Waals surface area contributed by atoms with Gasteiger partial charge in [-0.3, -0.25) is 9.59 Å². The van der Waals surface area contributed by atoms with Crippen molar-refractivity contribution in [2.24, 2.45) is 5.73 Å². The van der Waals surface area contributed by atoms with Crippen LogP contribution >= 0.6 is 0 Å². The molecule has 0 saturated carbocycles. The molecule has 1 aromatic rings. The summed E-state index contributed by atoms with van der Waals surface area (Å²) in [5, 5.41) is 2.14. The van der Waals surface area contributed by atoms with Gasteiger partial charge in [0.2, 0.25) is 5.88 Å². The van der Waals surface area contributed by atoms with Crippen LogP contribution in [0.15, 0.2) is 19.2 Å². The third kappa shape index (κ3) is 3.76. The molecule has 2 heterocycles. The Morgan fingerprint density at radius 3 is 2.76 bits per heavy atom. The van der Waals surface area contributed by atoms with E-state index < -0.39 is 30.2 Å². The fourth-order valence-corrected chi connectivity index (χ4v) is 2.34. The first-order valence-corrected chi connectivity index (χ1v) is 7.21. The van der Waals surface area contributed by atoms with Gasteiger partial charge in [0.25, 0.3) is 11.8 Å². The molecule has 1 atom stereocenters. The standard InChI is InChI=1S/C16H17F2N3O4/c1-4-9-5-11(13(19)22)14(24-3)21-12(9)8(2)25-7-10-6-16(17,18)15(23)20-10/h4-5,10H,1-2,6-7H2,3H3,(H2,19,22)(H,20,23)/t10-/m0/s1. The van der Waals surface area contributed by atoms with Crippen molar-refractivity contribution in [3.05, 3.63) is 36.0 Å². The van der Waals surface area contributed by atoms with Crippen LogP contribution in [0, 0.1) is 0 Å². The Labute approximate surface area is 142 Å². The van der Waals surface area contributed by atoms with Crippen LogP contribution in [-0.2, 0) is 9.53 Å². The number of rotatable bonds is 7. The molecule has 1 aliphatic rings. The summed E-state index contributed by atoms with van der Waals surface area (Å²) in [7, 11) is 1.31. The summed E-state index contributed by atoms with van der Waals surface area (Å²) in [6.45, 7) is 7.10. The molecule has 1 aromatic heterocycles. The highest BCUT2D eigenvalue weighted by Gasteiger charge is 2.48. The van der Waals surface area contributed by atoms with Crippen molar-refractivity contribution in [3.63, 3.8) is 0 Å². The van der Waals surface area contributed by atoms with Crippen molar-refractivity contribution < 1.29 is 27.8 Å². The maximum absolute atomic E-state index is 13.2. The van der Waals surface area contributed by atoms with Crippen molar-refractivity contribution in [1.82, 2.24) is 10.3 Å². The van der Waals surface area contributed by atoms with Gasteiger partial charge in [0.15, 0.2) is 0 Å². The second-order valence-corrected chi connectivity index (χ2v) is 5.36. The number of alkyl halides is 2. The van der Waals surface area contributed by atoms with Crippen LogP contribution in [0.25, 0.3) is 11.8 Å². The van der Waals surface area contributed by atoms with E-state index in [1.807, 2.05) is 0 Å². The molecule has 0 unspecified atom stereocenters. The maximum atomic E-state index is 13.2. The number of halogens is 2. The first-order valence-electron chi connectivity index (χ1n) is 7.21. The molecule has 0 spiro atoms. The molecular formula is C16H17F2N3O4. The second kappa shape index (κ2) is 6.88. The van der Waals surface area contributed by atoms with Crippen LogP contribution in [-0.4, -0.2) is 42.5 Å². The lowest BCUT2D eigenvalue weighted by Crippen LogP contribution is -2.32. The Morgan fingerprint density at radius 2 is 2.28 bits per heavy atom. The smallest absolute Gasteiger partial charge is 0.326 e. The molecule has 1 fully saturated rings.